The van der Waals surface area contributed by atoms with E-state index in [-0.39, 0.29) is 0 Å². The molecule has 0 aromatic rings. The van der Waals surface area contributed by atoms with Crippen LogP contribution in [0, 0.1) is 17.8 Å². The van der Waals surface area contributed by atoms with Crippen molar-refractivity contribution < 1.29 is 0 Å². The second-order valence-electron chi connectivity index (χ2n) is 6.23. The van der Waals surface area contributed by atoms with Gasteiger partial charge in [0.2, 0.25) is 0 Å². The van der Waals surface area contributed by atoms with Crippen molar-refractivity contribution in [2.75, 3.05) is 0 Å². The van der Waals surface area contributed by atoms with Gasteiger partial charge in [0.05, 0.1) is 0 Å². The van der Waals surface area contributed by atoms with E-state index in [9.17, 15) is 0 Å². The number of allylic oxidation sites excluding steroid dienone is 1. The van der Waals surface area contributed by atoms with Gasteiger partial charge in [0.25, 0.3) is 0 Å². The molecule has 2 saturated carbocycles. The minimum absolute atomic E-state index is 0.830. The minimum Gasteiger partial charge on any atom is -0.103 e. The largest absolute Gasteiger partial charge is 0.113 e. The molecule has 0 aromatic carbocycles. The summed E-state index contributed by atoms with van der Waals surface area (Å²) in [6.45, 7) is 6.23. The fourth-order valence-electron chi connectivity index (χ4n) is 4.04. The predicted molar refractivity (Wildman–Crippen MR) is 77.6 cm³/mol. The topological polar surface area (TPSA) is 0 Å². The van der Waals surface area contributed by atoms with Crippen LogP contribution in [0.2, 0.25) is 12.1 Å². The zero-order valence-electron chi connectivity index (χ0n) is 11.5. The summed E-state index contributed by atoms with van der Waals surface area (Å²) < 4.78 is 0. The molecule has 0 spiro atoms. The summed E-state index contributed by atoms with van der Waals surface area (Å²) in [5, 5.41) is 0. The summed E-state index contributed by atoms with van der Waals surface area (Å²) in [7, 11) is 2.55. The quantitative estimate of drug-likeness (QED) is 0.466. The molecular formula is C16H28B. The molecule has 2 aliphatic rings. The van der Waals surface area contributed by atoms with E-state index in [0.717, 1.165) is 23.6 Å². The first-order valence-corrected chi connectivity index (χ1v) is 7.79. The summed E-state index contributed by atoms with van der Waals surface area (Å²) in [6, 6.07) is 0. The Morgan fingerprint density at radius 2 is 1.47 bits per heavy atom. The summed E-state index contributed by atoms with van der Waals surface area (Å²) in [5.41, 5.74) is 0. The predicted octanol–water partition coefficient (Wildman–Crippen LogP) is 5.10. The van der Waals surface area contributed by atoms with Gasteiger partial charge in [0.1, 0.15) is 7.28 Å². The fraction of sp³-hybridized carbons (Fsp3) is 0.875. The standard InChI is InChI=1S/C16H28B/c1-3-13-5-7-14(8-6-13)15-9-11-16(12-10-15)17-4-2/h3,13-16H,1,4-12H2,2H3. The maximum atomic E-state index is 3.95. The van der Waals surface area contributed by atoms with Gasteiger partial charge in [-0.2, -0.15) is 0 Å². The molecule has 0 bridgehead atoms. The van der Waals surface area contributed by atoms with Gasteiger partial charge in [-0.3, -0.25) is 0 Å². The Balaban J connectivity index is 1.72. The molecule has 1 radical (unpaired) electrons. The Morgan fingerprint density at radius 1 is 0.941 bits per heavy atom. The lowest BCUT2D eigenvalue weighted by molar-refractivity contribution is 0.180. The van der Waals surface area contributed by atoms with Crippen LogP contribution in [0.15, 0.2) is 12.7 Å². The third-order valence-electron chi connectivity index (χ3n) is 5.20. The van der Waals surface area contributed by atoms with E-state index in [4.69, 9.17) is 0 Å². The first-order chi connectivity index (χ1) is 8.33. The van der Waals surface area contributed by atoms with E-state index in [2.05, 4.69) is 26.9 Å². The SMILES string of the molecule is C=CC1CCC(C2CCC([B]CC)CC2)CC1. The number of hydrogen-bond acceptors (Lipinski definition) is 0. The maximum absolute atomic E-state index is 3.95. The summed E-state index contributed by atoms with van der Waals surface area (Å²) in [4.78, 5) is 0. The average Bonchev–Trinajstić information content (AvgIpc) is 2.40. The van der Waals surface area contributed by atoms with Crippen LogP contribution < -0.4 is 0 Å². The van der Waals surface area contributed by atoms with Crippen LogP contribution in [0.4, 0.5) is 0 Å². The summed E-state index contributed by atoms with van der Waals surface area (Å²) in [5.74, 6) is 3.88. The van der Waals surface area contributed by atoms with Crippen molar-refractivity contribution in [1.82, 2.24) is 0 Å². The molecule has 0 unspecified atom stereocenters. The van der Waals surface area contributed by atoms with Gasteiger partial charge >= 0.3 is 0 Å². The van der Waals surface area contributed by atoms with E-state index < -0.39 is 0 Å². The Kier molecular flexibility index (Phi) is 5.19. The molecular weight excluding hydrogens is 203 g/mol. The van der Waals surface area contributed by atoms with Gasteiger partial charge in [-0.05, 0) is 43.4 Å². The molecule has 17 heavy (non-hydrogen) atoms. The first kappa shape index (κ1) is 13.2. The van der Waals surface area contributed by atoms with E-state index in [1.807, 2.05) is 0 Å². The average molecular weight is 231 g/mol. The van der Waals surface area contributed by atoms with Crippen LogP contribution in [0.3, 0.4) is 0 Å². The van der Waals surface area contributed by atoms with Crippen LogP contribution in [0.1, 0.15) is 58.3 Å². The van der Waals surface area contributed by atoms with Crippen LogP contribution in [-0.4, -0.2) is 7.28 Å². The summed E-state index contributed by atoms with van der Waals surface area (Å²) in [6.07, 6.45) is 15.2. The molecule has 2 rings (SSSR count). The Hall–Kier alpha value is -0.195. The molecule has 0 aromatic heterocycles. The number of rotatable bonds is 4. The molecule has 0 saturated heterocycles. The highest BCUT2D eigenvalue weighted by Crippen LogP contribution is 2.42. The zero-order chi connectivity index (χ0) is 12.1. The molecule has 0 aliphatic heterocycles. The van der Waals surface area contributed by atoms with Crippen molar-refractivity contribution in [2.45, 2.75) is 70.4 Å². The zero-order valence-corrected chi connectivity index (χ0v) is 11.5. The number of hydrogen-bond donors (Lipinski definition) is 0. The molecule has 0 N–H and O–H groups in total. The highest BCUT2D eigenvalue weighted by molar-refractivity contribution is 6.37. The van der Waals surface area contributed by atoms with Crippen molar-refractivity contribution in [3.63, 3.8) is 0 Å². The second-order valence-corrected chi connectivity index (χ2v) is 6.23. The summed E-state index contributed by atoms with van der Waals surface area (Å²) >= 11 is 0. The smallest absolute Gasteiger partial charge is 0.103 e. The van der Waals surface area contributed by atoms with E-state index in [0.29, 0.717) is 0 Å². The fourth-order valence-corrected chi connectivity index (χ4v) is 4.04. The van der Waals surface area contributed by atoms with E-state index >= 15 is 0 Å². The Morgan fingerprint density at radius 3 is 1.94 bits per heavy atom. The highest BCUT2D eigenvalue weighted by Gasteiger charge is 2.29. The lowest BCUT2D eigenvalue weighted by atomic mass is 9.55. The Labute approximate surface area is 108 Å². The van der Waals surface area contributed by atoms with Crippen molar-refractivity contribution in [3.8, 4) is 0 Å². The molecule has 0 atom stereocenters. The molecule has 1 heteroatoms. The molecule has 0 heterocycles. The van der Waals surface area contributed by atoms with Gasteiger partial charge < -0.3 is 0 Å². The normalized spacial score (nSPS) is 38.6. The first-order valence-electron chi connectivity index (χ1n) is 7.79. The molecule has 0 amide bonds. The lowest BCUT2D eigenvalue weighted by Gasteiger charge is -2.37. The lowest BCUT2D eigenvalue weighted by Crippen LogP contribution is -2.25. The van der Waals surface area contributed by atoms with Gasteiger partial charge in [0, 0.05) is 0 Å². The van der Waals surface area contributed by atoms with Crippen LogP contribution in [-0.2, 0) is 0 Å². The van der Waals surface area contributed by atoms with Crippen molar-refractivity contribution >= 4 is 7.28 Å². The minimum atomic E-state index is 0.830. The van der Waals surface area contributed by atoms with Crippen molar-refractivity contribution in [3.05, 3.63) is 12.7 Å². The van der Waals surface area contributed by atoms with Gasteiger partial charge in [-0.25, -0.2) is 0 Å². The monoisotopic (exact) mass is 231 g/mol. The third kappa shape index (κ3) is 3.63. The van der Waals surface area contributed by atoms with Crippen LogP contribution >= 0.6 is 0 Å². The van der Waals surface area contributed by atoms with Crippen molar-refractivity contribution in [1.29, 1.82) is 0 Å². The molecule has 95 valence electrons. The molecule has 0 nitrogen and oxygen atoms in total. The van der Waals surface area contributed by atoms with Crippen LogP contribution in [0.25, 0.3) is 0 Å². The molecule has 2 fully saturated rings. The highest BCUT2D eigenvalue weighted by atomic mass is 14.3. The van der Waals surface area contributed by atoms with E-state index in [1.54, 1.807) is 0 Å². The van der Waals surface area contributed by atoms with Gasteiger partial charge in [-0.1, -0.05) is 50.8 Å². The second kappa shape index (κ2) is 6.66. The van der Waals surface area contributed by atoms with Gasteiger partial charge in [-0.15, -0.1) is 6.58 Å². The van der Waals surface area contributed by atoms with Crippen LogP contribution in [0.5, 0.6) is 0 Å². The van der Waals surface area contributed by atoms with E-state index in [1.165, 1.54) is 57.7 Å². The maximum Gasteiger partial charge on any atom is 0.113 e. The van der Waals surface area contributed by atoms with Crippen molar-refractivity contribution in [2.24, 2.45) is 17.8 Å². The molecule has 2 aliphatic carbocycles. The third-order valence-corrected chi connectivity index (χ3v) is 5.20. The Bertz CT molecular complexity index is 220. The van der Waals surface area contributed by atoms with Gasteiger partial charge in [0.15, 0.2) is 0 Å².